The summed E-state index contributed by atoms with van der Waals surface area (Å²) < 4.78 is 2.08. The highest BCUT2D eigenvalue weighted by atomic mass is 35.5. The van der Waals surface area contributed by atoms with Gasteiger partial charge in [-0.25, -0.2) is 5.43 Å². The molecule has 1 N–H and O–H groups in total. The van der Waals surface area contributed by atoms with Crippen LogP contribution in [0.15, 0.2) is 65.8 Å². The van der Waals surface area contributed by atoms with Crippen LogP contribution in [0.2, 0.25) is 5.02 Å². The smallest absolute Gasteiger partial charge is 0.240 e. The summed E-state index contributed by atoms with van der Waals surface area (Å²) in [5, 5.41) is 4.81. The van der Waals surface area contributed by atoms with Crippen LogP contribution in [0, 0.1) is 13.8 Å². The molecule has 0 radical (unpaired) electrons. The summed E-state index contributed by atoms with van der Waals surface area (Å²) >= 11 is 6.33. The van der Waals surface area contributed by atoms with Crippen molar-refractivity contribution in [3.05, 3.63) is 88.2 Å². The highest BCUT2D eigenvalue weighted by Crippen LogP contribution is 2.25. The number of rotatable bonds is 6. The second kappa shape index (κ2) is 8.69. The van der Waals surface area contributed by atoms with E-state index in [1.165, 1.54) is 0 Å². The Labute approximate surface area is 164 Å². The third-order valence-corrected chi connectivity index (χ3v) is 4.76. The fourth-order valence-corrected chi connectivity index (χ4v) is 3.27. The molecule has 27 heavy (non-hydrogen) atoms. The number of amides is 1. The third-order valence-electron chi connectivity index (χ3n) is 4.44. The zero-order chi connectivity index (χ0) is 19.2. The number of nitrogens with one attached hydrogen (secondary N) is 1. The van der Waals surface area contributed by atoms with Gasteiger partial charge >= 0.3 is 0 Å². The first-order valence-corrected chi connectivity index (χ1v) is 9.23. The third kappa shape index (κ3) is 4.66. The zero-order valence-electron chi connectivity index (χ0n) is 15.4. The molecule has 3 rings (SSSR count). The van der Waals surface area contributed by atoms with Gasteiger partial charge in [-0.2, -0.15) is 5.10 Å². The molecule has 0 atom stereocenters. The van der Waals surface area contributed by atoms with E-state index in [1.54, 1.807) is 6.21 Å². The largest absolute Gasteiger partial charge is 0.316 e. The van der Waals surface area contributed by atoms with Crippen molar-refractivity contribution < 1.29 is 4.79 Å². The Morgan fingerprint density at radius 3 is 2.56 bits per heavy atom. The average molecular weight is 380 g/mol. The van der Waals surface area contributed by atoms with Crippen LogP contribution in [0.25, 0.3) is 5.69 Å². The molecule has 1 heterocycles. The van der Waals surface area contributed by atoms with Crippen LogP contribution in [-0.4, -0.2) is 16.7 Å². The fraction of sp³-hybridized carbons (Fsp3) is 0.182. The normalized spacial score (nSPS) is 11.1. The molecule has 2 aromatic carbocycles. The summed E-state index contributed by atoms with van der Waals surface area (Å²) in [5.74, 6) is -0.102. The van der Waals surface area contributed by atoms with E-state index in [0.717, 1.165) is 28.2 Å². The van der Waals surface area contributed by atoms with Crippen LogP contribution in [-0.2, 0) is 11.2 Å². The number of halogens is 1. The Kier molecular flexibility index (Phi) is 6.09. The molecule has 3 aromatic rings. The lowest BCUT2D eigenvalue weighted by Gasteiger charge is -2.11. The molecule has 0 saturated carbocycles. The second-order valence-electron chi connectivity index (χ2n) is 6.39. The second-order valence-corrected chi connectivity index (χ2v) is 6.80. The molecule has 0 saturated heterocycles. The lowest BCUT2D eigenvalue weighted by molar-refractivity contribution is -0.121. The molecule has 0 aliphatic rings. The SMILES string of the molecule is Cc1cc(/C=N\NC(=O)CCc2ccccc2)c(C)n1-c1ccccc1Cl. The van der Waals surface area contributed by atoms with Gasteiger partial charge in [0.15, 0.2) is 0 Å². The molecular weight excluding hydrogens is 358 g/mol. The van der Waals surface area contributed by atoms with Crippen molar-refractivity contribution in [1.82, 2.24) is 9.99 Å². The van der Waals surface area contributed by atoms with Gasteiger partial charge in [0.2, 0.25) is 5.91 Å². The van der Waals surface area contributed by atoms with E-state index in [4.69, 9.17) is 11.6 Å². The van der Waals surface area contributed by atoms with Crippen LogP contribution in [0.1, 0.15) is 28.9 Å². The zero-order valence-corrected chi connectivity index (χ0v) is 16.2. The molecule has 0 bridgehead atoms. The molecular formula is C22H22ClN3O. The van der Waals surface area contributed by atoms with E-state index >= 15 is 0 Å². The molecule has 1 amide bonds. The molecule has 0 unspecified atom stereocenters. The summed E-state index contributed by atoms with van der Waals surface area (Å²) in [6.07, 6.45) is 2.78. The summed E-state index contributed by atoms with van der Waals surface area (Å²) in [6.45, 7) is 4.03. The first kappa shape index (κ1) is 18.9. The highest BCUT2D eigenvalue weighted by molar-refractivity contribution is 6.32. The summed E-state index contributed by atoms with van der Waals surface area (Å²) in [6, 6.07) is 19.7. The van der Waals surface area contributed by atoms with Crippen LogP contribution in [0.3, 0.4) is 0 Å². The lowest BCUT2D eigenvalue weighted by Crippen LogP contribution is -2.17. The average Bonchev–Trinajstić information content (AvgIpc) is 2.95. The number of carbonyl (C=O) groups excluding carboxylic acids is 1. The minimum Gasteiger partial charge on any atom is -0.316 e. The van der Waals surface area contributed by atoms with Gasteiger partial charge in [0.05, 0.1) is 16.9 Å². The van der Waals surface area contributed by atoms with Crippen molar-refractivity contribution in [1.29, 1.82) is 0 Å². The van der Waals surface area contributed by atoms with Gasteiger partial charge in [0.25, 0.3) is 0 Å². The van der Waals surface area contributed by atoms with E-state index in [-0.39, 0.29) is 5.91 Å². The number of hydrogen-bond donors (Lipinski definition) is 1. The summed E-state index contributed by atoms with van der Waals surface area (Å²) in [7, 11) is 0. The number of benzene rings is 2. The Morgan fingerprint density at radius 2 is 1.81 bits per heavy atom. The number of aryl methyl sites for hydroxylation is 2. The number of carbonyl (C=O) groups is 1. The Morgan fingerprint density at radius 1 is 1.11 bits per heavy atom. The Hall–Kier alpha value is -2.85. The van der Waals surface area contributed by atoms with Crippen molar-refractivity contribution in [2.24, 2.45) is 5.10 Å². The van der Waals surface area contributed by atoms with E-state index in [9.17, 15) is 4.79 Å². The fourth-order valence-electron chi connectivity index (χ4n) is 3.05. The standard InChI is InChI=1S/C22H22ClN3O/c1-16-14-19(17(2)26(16)21-11-7-6-10-20(21)23)15-24-25-22(27)13-12-18-8-4-3-5-9-18/h3-11,14-15H,12-13H2,1-2H3,(H,25,27)/b24-15-. The monoisotopic (exact) mass is 379 g/mol. The van der Waals surface area contributed by atoms with Crippen LogP contribution >= 0.6 is 11.6 Å². The molecule has 0 aliphatic heterocycles. The maximum absolute atomic E-state index is 12.0. The number of para-hydroxylation sites is 1. The molecule has 0 aliphatic carbocycles. The van der Waals surface area contributed by atoms with Crippen LogP contribution in [0.5, 0.6) is 0 Å². The van der Waals surface area contributed by atoms with Crippen LogP contribution in [0.4, 0.5) is 0 Å². The Bertz CT molecular complexity index is 961. The number of hydrazone groups is 1. The Balaban J connectivity index is 1.65. The van der Waals surface area contributed by atoms with Gasteiger partial charge < -0.3 is 4.57 Å². The van der Waals surface area contributed by atoms with Crippen molar-refractivity contribution in [2.45, 2.75) is 26.7 Å². The van der Waals surface area contributed by atoms with Crippen molar-refractivity contribution >= 4 is 23.7 Å². The van der Waals surface area contributed by atoms with Gasteiger partial charge in [-0.3, -0.25) is 4.79 Å². The van der Waals surface area contributed by atoms with Gasteiger partial charge in [-0.15, -0.1) is 0 Å². The predicted molar refractivity (Wildman–Crippen MR) is 111 cm³/mol. The first-order valence-electron chi connectivity index (χ1n) is 8.86. The van der Waals surface area contributed by atoms with Crippen molar-refractivity contribution in [3.63, 3.8) is 0 Å². The highest BCUT2D eigenvalue weighted by Gasteiger charge is 2.11. The molecule has 5 heteroatoms. The van der Waals surface area contributed by atoms with E-state index in [1.807, 2.05) is 74.5 Å². The van der Waals surface area contributed by atoms with Crippen molar-refractivity contribution in [2.75, 3.05) is 0 Å². The van der Waals surface area contributed by atoms with Gasteiger partial charge in [-0.1, -0.05) is 54.1 Å². The molecule has 1 aromatic heterocycles. The van der Waals surface area contributed by atoms with Crippen molar-refractivity contribution in [3.8, 4) is 5.69 Å². The maximum Gasteiger partial charge on any atom is 0.240 e. The molecule has 0 spiro atoms. The lowest BCUT2D eigenvalue weighted by atomic mass is 10.1. The van der Waals surface area contributed by atoms with E-state index in [0.29, 0.717) is 17.9 Å². The van der Waals surface area contributed by atoms with Crippen LogP contribution < -0.4 is 5.43 Å². The summed E-state index contributed by atoms with van der Waals surface area (Å²) in [4.78, 5) is 12.0. The maximum atomic E-state index is 12.0. The predicted octanol–water partition coefficient (Wildman–Crippen LogP) is 4.83. The minimum absolute atomic E-state index is 0.102. The van der Waals surface area contributed by atoms with Gasteiger partial charge in [0.1, 0.15) is 0 Å². The topological polar surface area (TPSA) is 46.4 Å². The number of nitrogens with zero attached hydrogens (tertiary/aromatic N) is 2. The first-order chi connectivity index (χ1) is 13.1. The van der Waals surface area contributed by atoms with E-state index < -0.39 is 0 Å². The molecule has 4 nitrogen and oxygen atoms in total. The minimum atomic E-state index is -0.102. The summed E-state index contributed by atoms with van der Waals surface area (Å²) in [5.41, 5.74) is 7.68. The molecule has 138 valence electrons. The quantitative estimate of drug-likeness (QED) is 0.484. The van der Waals surface area contributed by atoms with E-state index in [2.05, 4.69) is 15.1 Å². The molecule has 0 fully saturated rings. The number of hydrogen-bond acceptors (Lipinski definition) is 2. The number of aromatic nitrogens is 1. The van der Waals surface area contributed by atoms with Gasteiger partial charge in [-0.05, 0) is 44.0 Å². The van der Waals surface area contributed by atoms with Gasteiger partial charge in [0, 0.05) is 23.4 Å².